The molecule has 0 aromatic heterocycles. The molecule has 4 aliphatic carbocycles. The Bertz CT molecular complexity index is 1200. The number of methoxy groups -OCH3 is 1. The molecule has 0 aromatic carbocycles. The lowest BCUT2D eigenvalue weighted by Crippen LogP contribution is -2.71. The second-order valence-corrected chi connectivity index (χ2v) is 13.6. The third-order valence-corrected chi connectivity index (χ3v) is 11.9. The van der Waals surface area contributed by atoms with Crippen molar-refractivity contribution in [3.8, 4) is 0 Å². The van der Waals surface area contributed by atoms with Gasteiger partial charge in [0.2, 0.25) is 12.1 Å². The molecule has 3 aliphatic heterocycles. The first-order valence-corrected chi connectivity index (χ1v) is 14.6. The highest BCUT2D eigenvalue weighted by Gasteiger charge is 2.74. The average molecular weight is 561 g/mol. The fraction of sp³-hybridized carbons (Fsp3) is 0.800. The van der Waals surface area contributed by atoms with Crippen LogP contribution in [0.5, 0.6) is 0 Å². The SMILES string of the molecule is CO[C@@H]1C[C@@H](C)O[C@H]2O[C@@H]3C[C@@]4(C)C(=C[C@H]3O[C@]21O)CC[C@@H]1[C@@H]4[C@H](O)C(=O)[C@]2(C)[C@@H](C3=CC(=O)OC3)CC[C@]12O. The lowest BCUT2D eigenvalue weighted by atomic mass is 9.43. The number of carbonyl (C=O) groups is 2. The monoisotopic (exact) mass is 560 g/mol. The molecule has 10 heteroatoms. The molecule has 40 heavy (non-hydrogen) atoms. The highest BCUT2D eigenvalue weighted by Crippen LogP contribution is 2.68. The van der Waals surface area contributed by atoms with Gasteiger partial charge in [0.25, 0.3) is 0 Å². The fourth-order valence-corrected chi connectivity index (χ4v) is 9.83. The van der Waals surface area contributed by atoms with Crippen LogP contribution in [0.25, 0.3) is 0 Å². The fourth-order valence-electron chi connectivity index (χ4n) is 9.83. The van der Waals surface area contributed by atoms with Crippen LogP contribution in [0, 0.1) is 28.6 Å². The Morgan fingerprint density at radius 3 is 2.60 bits per heavy atom. The molecule has 3 N–H and O–H groups in total. The molecule has 0 radical (unpaired) electrons. The van der Waals surface area contributed by atoms with Crippen molar-refractivity contribution >= 4 is 11.8 Å². The second kappa shape index (κ2) is 8.69. The van der Waals surface area contributed by atoms with Crippen molar-refractivity contribution in [3.05, 3.63) is 23.3 Å². The molecule has 3 heterocycles. The van der Waals surface area contributed by atoms with Gasteiger partial charge in [0, 0.05) is 25.5 Å². The highest BCUT2D eigenvalue weighted by atomic mass is 16.8. The summed E-state index contributed by atoms with van der Waals surface area (Å²) in [6.45, 7) is 5.84. The topological polar surface area (TPSA) is 141 Å². The molecule has 10 nitrogen and oxygen atoms in total. The van der Waals surface area contributed by atoms with Gasteiger partial charge in [-0.05, 0) is 68.8 Å². The largest absolute Gasteiger partial charge is 0.458 e. The third kappa shape index (κ3) is 3.30. The molecule has 0 spiro atoms. The summed E-state index contributed by atoms with van der Waals surface area (Å²) in [7, 11) is 1.53. The number of carbonyl (C=O) groups excluding carboxylic acids is 2. The Hall–Kier alpha value is -1.66. The van der Waals surface area contributed by atoms with Crippen molar-refractivity contribution in [3.63, 3.8) is 0 Å². The molecule has 0 unspecified atom stereocenters. The zero-order valence-corrected chi connectivity index (χ0v) is 23.5. The second-order valence-electron chi connectivity index (χ2n) is 13.6. The number of Topliss-reactive ketones (excluding diaryl/α,β-unsaturated/α-hetero) is 1. The maximum Gasteiger partial charge on any atom is 0.331 e. The van der Waals surface area contributed by atoms with E-state index in [4.69, 9.17) is 23.7 Å². The van der Waals surface area contributed by atoms with Crippen LogP contribution in [-0.4, -0.2) is 89.0 Å². The van der Waals surface area contributed by atoms with Gasteiger partial charge in [-0.3, -0.25) is 4.79 Å². The van der Waals surface area contributed by atoms with Gasteiger partial charge in [-0.25, -0.2) is 4.79 Å². The highest BCUT2D eigenvalue weighted by molar-refractivity contribution is 5.93. The van der Waals surface area contributed by atoms with E-state index < -0.39 is 64.8 Å². The van der Waals surface area contributed by atoms with E-state index in [1.54, 1.807) is 6.92 Å². The number of aliphatic hydroxyl groups excluding tert-OH is 1. The van der Waals surface area contributed by atoms with E-state index in [1.807, 2.05) is 13.0 Å². The summed E-state index contributed by atoms with van der Waals surface area (Å²) in [6.07, 6.45) is 2.44. The number of fused-ring (bicyclic) bond motifs is 7. The van der Waals surface area contributed by atoms with Crippen molar-refractivity contribution in [2.45, 2.75) is 107 Å². The molecule has 220 valence electrons. The van der Waals surface area contributed by atoms with Crippen molar-refractivity contribution in [2.24, 2.45) is 28.6 Å². The van der Waals surface area contributed by atoms with E-state index in [0.717, 1.165) is 11.1 Å². The molecule has 7 rings (SSSR count). The van der Waals surface area contributed by atoms with E-state index in [9.17, 15) is 24.9 Å². The number of aliphatic hydroxyl groups is 3. The zero-order chi connectivity index (χ0) is 28.4. The number of ether oxygens (including phenoxy) is 5. The first kappa shape index (κ1) is 27.2. The Kier molecular flexibility index (Phi) is 5.91. The van der Waals surface area contributed by atoms with Gasteiger partial charge >= 0.3 is 5.97 Å². The van der Waals surface area contributed by atoms with Gasteiger partial charge in [-0.15, -0.1) is 0 Å². The third-order valence-electron chi connectivity index (χ3n) is 11.9. The molecule has 2 saturated heterocycles. The van der Waals surface area contributed by atoms with Crippen LogP contribution in [0.4, 0.5) is 0 Å². The van der Waals surface area contributed by atoms with Crippen molar-refractivity contribution in [1.82, 2.24) is 0 Å². The molecule has 0 amide bonds. The number of rotatable bonds is 2. The van der Waals surface area contributed by atoms with Gasteiger partial charge in [-0.1, -0.05) is 18.6 Å². The Labute approximate surface area is 233 Å². The predicted molar refractivity (Wildman–Crippen MR) is 137 cm³/mol. The van der Waals surface area contributed by atoms with E-state index >= 15 is 0 Å². The summed E-state index contributed by atoms with van der Waals surface area (Å²) >= 11 is 0. The lowest BCUT2D eigenvalue weighted by molar-refractivity contribution is -0.449. The van der Waals surface area contributed by atoms with Gasteiger partial charge in [-0.2, -0.15) is 0 Å². The molecular formula is C30H40O10. The molecule has 0 aromatic rings. The Balaban J connectivity index is 1.23. The predicted octanol–water partition coefficient (Wildman–Crippen LogP) is 1.55. The normalized spacial score (nSPS) is 55.2. The van der Waals surface area contributed by atoms with Gasteiger partial charge in [0.15, 0.2) is 5.78 Å². The van der Waals surface area contributed by atoms with Gasteiger partial charge < -0.3 is 39.0 Å². The number of cyclic esters (lactones) is 1. The first-order valence-electron chi connectivity index (χ1n) is 14.6. The van der Waals surface area contributed by atoms with Gasteiger partial charge in [0.05, 0.1) is 23.2 Å². The average Bonchev–Trinajstić information content (AvgIpc) is 3.45. The minimum absolute atomic E-state index is 0.121. The van der Waals surface area contributed by atoms with E-state index in [1.165, 1.54) is 13.2 Å². The van der Waals surface area contributed by atoms with Crippen LogP contribution >= 0.6 is 0 Å². The summed E-state index contributed by atoms with van der Waals surface area (Å²) in [4.78, 5) is 26.0. The maximum absolute atomic E-state index is 14.2. The van der Waals surface area contributed by atoms with E-state index in [-0.39, 0.29) is 30.3 Å². The van der Waals surface area contributed by atoms with Crippen LogP contribution < -0.4 is 0 Å². The smallest absolute Gasteiger partial charge is 0.331 e. The number of allylic oxidation sites excluding steroid dienone is 1. The Morgan fingerprint density at radius 1 is 1.12 bits per heavy atom. The van der Waals surface area contributed by atoms with Crippen molar-refractivity contribution in [2.75, 3.05) is 13.7 Å². The molecular weight excluding hydrogens is 520 g/mol. The Morgan fingerprint density at radius 2 is 1.90 bits per heavy atom. The summed E-state index contributed by atoms with van der Waals surface area (Å²) in [6, 6.07) is 0. The van der Waals surface area contributed by atoms with Crippen LogP contribution in [0.3, 0.4) is 0 Å². The number of hydrogen-bond donors (Lipinski definition) is 3. The molecule has 7 aliphatic rings. The van der Waals surface area contributed by atoms with Crippen LogP contribution in [-0.2, 0) is 33.3 Å². The summed E-state index contributed by atoms with van der Waals surface area (Å²) in [5, 5.41) is 35.7. The van der Waals surface area contributed by atoms with Crippen molar-refractivity contribution in [1.29, 1.82) is 0 Å². The number of ketones is 1. The van der Waals surface area contributed by atoms with Gasteiger partial charge in [0.1, 0.15) is 24.9 Å². The number of esters is 1. The molecule has 5 fully saturated rings. The summed E-state index contributed by atoms with van der Waals surface area (Å²) in [5.74, 6) is -3.75. The summed E-state index contributed by atoms with van der Waals surface area (Å²) in [5.41, 5.74) is -1.41. The first-order chi connectivity index (χ1) is 18.9. The van der Waals surface area contributed by atoms with Crippen LogP contribution in [0.15, 0.2) is 23.3 Å². The van der Waals surface area contributed by atoms with E-state index in [0.29, 0.717) is 38.5 Å². The maximum atomic E-state index is 14.2. The minimum atomic E-state index is -1.75. The molecule has 13 atom stereocenters. The standard InChI is InChI=1S/C30H40O10/c1-14-9-21(36-4)30(35)26(38-14)39-20-12-27(2)16(11-19(20)40-30)5-6-18-23(27)24(32)25(33)28(3)17(7-8-29(18,28)34)15-10-22(31)37-13-15/h10-11,14,17-21,23-24,26,32,34-35H,5-9,12-13H2,1-4H3/t14-,17-,18-,19-,20-,21-,23-,24+,26+,27+,28+,29+,30+/m1/s1. The van der Waals surface area contributed by atoms with Crippen LogP contribution in [0.2, 0.25) is 0 Å². The lowest BCUT2D eigenvalue weighted by Gasteiger charge is -2.63. The number of hydrogen-bond acceptors (Lipinski definition) is 10. The molecule has 0 bridgehead atoms. The van der Waals surface area contributed by atoms with E-state index in [2.05, 4.69) is 6.92 Å². The summed E-state index contributed by atoms with van der Waals surface area (Å²) < 4.78 is 29.3. The zero-order valence-electron chi connectivity index (χ0n) is 23.5. The van der Waals surface area contributed by atoms with Crippen LogP contribution in [0.1, 0.15) is 59.3 Å². The minimum Gasteiger partial charge on any atom is -0.458 e. The van der Waals surface area contributed by atoms with Crippen molar-refractivity contribution < 1.29 is 48.6 Å². The molecule has 3 saturated carbocycles. The quantitative estimate of drug-likeness (QED) is 0.336.